The summed E-state index contributed by atoms with van der Waals surface area (Å²) in [5, 5.41) is 19.0. The van der Waals surface area contributed by atoms with Gasteiger partial charge in [0.2, 0.25) is 0 Å². The molecule has 19 heavy (non-hydrogen) atoms. The Kier molecular flexibility index (Phi) is 6.47. The van der Waals surface area contributed by atoms with Gasteiger partial charge in [-0.3, -0.25) is 10.2 Å². The number of aromatic hydroxyl groups is 1. The van der Waals surface area contributed by atoms with Crippen molar-refractivity contribution in [2.75, 3.05) is 0 Å². The number of carbonyl (C=O) groups is 1. The number of nitrogens with one attached hydrogen (secondary N) is 1. The van der Waals surface area contributed by atoms with E-state index in [4.69, 9.17) is 5.41 Å². The second-order valence-corrected chi connectivity index (χ2v) is 6.77. The largest absolute Gasteiger partial charge is 0.506 e. The summed E-state index contributed by atoms with van der Waals surface area (Å²) in [5.41, 5.74) is 0.555. The average molecular weight is 567 g/mol. The zero-order valence-electron chi connectivity index (χ0n) is 9.39. The maximum Gasteiger partial charge on any atom is 0.182 e. The second-order valence-electron chi connectivity index (χ2n) is 3.55. The van der Waals surface area contributed by atoms with Gasteiger partial charge in [0.1, 0.15) is 5.75 Å². The molecule has 8 heteroatoms. The molecular formula is C11H9BrI2N2O2S. The Morgan fingerprint density at radius 1 is 1.37 bits per heavy atom. The number of rotatable bonds is 3. The topological polar surface area (TPSA) is 66.1 Å². The number of carbonyl (C=O) groups excluding carboxylic acids is 1. The van der Waals surface area contributed by atoms with Crippen LogP contribution < -0.4 is 4.80 Å². The van der Waals surface area contributed by atoms with E-state index in [1.54, 1.807) is 28.3 Å². The molecule has 0 atom stereocenters. The molecule has 0 aliphatic heterocycles. The van der Waals surface area contributed by atoms with E-state index in [1.807, 2.05) is 45.2 Å². The molecule has 0 radical (unpaired) electrons. The maximum atomic E-state index is 12.1. The Bertz CT molecular complexity index is 646. The van der Waals surface area contributed by atoms with Crippen LogP contribution in [0.5, 0.6) is 5.75 Å². The number of nitrogens with zero attached hydrogens (tertiary/aromatic N) is 1. The lowest BCUT2D eigenvalue weighted by Gasteiger charge is -2.06. The van der Waals surface area contributed by atoms with Crippen molar-refractivity contribution in [1.82, 2.24) is 4.57 Å². The molecule has 2 aromatic rings. The first-order valence-corrected chi connectivity index (χ1v) is 7.92. The first-order valence-electron chi connectivity index (χ1n) is 4.89. The van der Waals surface area contributed by atoms with Gasteiger partial charge in [-0.2, -0.15) is 0 Å². The van der Waals surface area contributed by atoms with Gasteiger partial charge in [0.05, 0.1) is 13.7 Å². The van der Waals surface area contributed by atoms with Crippen LogP contribution in [0.15, 0.2) is 23.7 Å². The molecule has 2 N–H and O–H groups in total. The lowest BCUT2D eigenvalue weighted by molar-refractivity contribution is 0.0971. The standard InChI is InChI=1S/C11H8I2N2O2S.BrH/c12-7-3-6(4-8(13)10(7)17)9(16)5-15-1-2-18-11(15)14;/h1-4,14,17H,5H2;1H. The van der Waals surface area contributed by atoms with Gasteiger partial charge in [-0.15, -0.1) is 28.3 Å². The monoisotopic (exact) mass is 566 g/mol. The SMILES string of the molecule is Br.N=c1sccn1CC(=O)c1cc(I)c(O)c(I)c1. The minimum absolute atomic E-state index is 0. The van der Waals surface area contributed by atoms with E-state index in [0.717, 1.165) is 0 Å². The zero-order chi connectivity index (χ0) is 13.3. The number of hydrogen-bond acceptors (Lipinski definition) is 4. The number of benzene rings is 1. The summed E-state index contributed by atoms with van der Waals surface area (Å²) < 4.78 is 2.91. The smallest absolute Gasteiger partial charge is 0.182 e. The van der Waals surface area contributed by atoms with Crippen LogP contribution in [0.25, 0.3) is 0 Å². The van der Waals surface area contributed by atoms with Crippen molar-refractivity contribution in [1.29, 1.82) is 5.41 Å². The van der Waals surface area contributed by atoms with Crippen molar-refractivity contribution < 1.29 is 9.90 Å². The fourth-order valence-electron chi connectivity index (χ4n) is 1.40. The van der Waals surface area contributed by atoms with Gasteiger partial charge < -0.3 is 9.67 Å². The molecule has 1 heterocycles. The minimum Gasteiger partial charge on any atom is -0.506 e. The molecule has 0 spiro atoms. The van der Waals surface area contributed by atoms with E-state index in [-0.39, 0.29) is 35.1 Å². The summed E-state index contributed by atoms with van der Waals surface area (Å²) in [5.74, 6) is 0.139. The van der Waals surface area contributed by atoms with Crippen molar-refractivity contribution in [2.45, 2.75) is 6.54 Å². The highest BCUT2D eigenvalue weighted by molar-refractivity contribution is 14.1. The highest BCUT2D eigenvalue weighted by atomic mass is 127. The predicted octanol–water partition coefficient (Wildman–Crippen LogP) is 3.40. The molecule has 0 aliphatic carbocycles. The number of thiazole rings is 1. The van der Waals surface area contributed by atoms with Gasteiger partial charge in [-0.05, 0) is 57.3 Å². The first-order chi connectivity index (χ1) is 8.49. The van der Waals surface area contributed by atoms with E-state index >= 15 is 0 Å². The number of ketones is 1. The number of phenolic OH excluding ortho intramolecular Hbond substituents is 1. The molecule has 102 valence electrons. The van der Waals surface area contributed by atoms with Crippen molar-refractivity contribution in [3.05, 3.63) is 41.2 Å². The highest BCUT2D eigenvalue weighted by Crippen LogP contribution is 2.27. The summed E-state index contributed by atoms with van der Waals surface area (Å²) in [6.07, 6.45) is 1.72. The minimum atomic E-state index is -0.0669. The number of hydrogen-bond donors (Lipinski definition) is 2. The van der Waals surface area contributed by atoms with Crippen LogP contribution in [0.1, 0.15) is 10.4 Å². The summed E-state index contributed by atoms with van der Waals surface area (Å²) in [7, 11) is 0. The average Bonchev–Trinajstić information content (AvgIpc) is 2.71. The van der Waals surface area contributed by atoms with Crippen LogP contribution in [0.3, 0.4) is 0 Å². The molecule has 0 saturated heterocycles. The molecule has 1 aromatic carbocycles. The molecule has 0 amide bonds. The molecule has 2 rings (SSSR count). The Morgan fingerprint density at radius 2 is 1.95 bits per heavy atom. The lowest BCUT2D eigenvalue weighted by Crippen LogP contribution is -2.18. The Balaban J connectivity index is 0.00000180. The normalized spacial score (nSPS) is 10.0. The Morgan fingerprint density at radius 3 is 2.42 bits per heavy atom. The molecule has 0 fully saturated rings. The summed E-state index contributed by atoms with van der Waals surface area (Å²) in [4.78, 5) is 12.4. The number of halogens is 3. The quantitative estimate of drug-likeness (QED) is 0.442. The van der Waals surface area contributed by atoms with Gasteiger partial charge in [-0.25, -0.2) is 0 Å². The van der Waals surface area contributed by atoms with E-state index in [9.17, 15) is 9.90 Å². The van der Waals surface area contributed by atoms with Gasteiger partial charge in [0.15, 0.2) is 10.6 Å². The second kappa shape index (κ2) is 7.18. The van der Waals surface area contributed by atoms with Crippen LogP contribution in [0.4, 0.5) is 0 Å². The molecule has 0 unspecified atom stereocenters. The molecule has 0 aliphatic rings. The fraction of sp³-hybridized carbons (Fsp3) is 0.0909. The van der Waals surface area contributed by atoms with E-state index < -0.39 is 0 Å². The highest BCUT2D eigenvalue weighted by Gasteiger charge is 2.12. The number of aromatic nitrogens is 1. The third-order valence-corrected chi connectivity index (χ3v) is 4.69. The van der Waals surface area contributed by atoms with Crippen LogP contribution in [0, 0.1) is 12.5 Å². The summed E-state index contributed by atoms with van der Waals surface area (Å²) >= 11 is 5.28. The van der Waals surface area contributed by atoms with Crippen molar-refractivity contribution in [3.63, 3.8) is 0 Å². The predicted molar refractivity (Wildman–Crippen MR) is 96.4 cm³/mol. The molecular weight excluding hydrogens is 558 g/mol. The van der Waals surface area contributed by atoms with Crippen LogP contribution in [0.2, 0.25) is 0 Å². The van der Waals surface area contributed by atoms with Crippen molar-refractivity contribution >= 4 is 79.3 Å². The third-order valence-electron chi connectivity index (χ3n) is 2.33. The first kappa shape index (κ1) is 17.1. The zero-order valence-corrected chi connectivity index (χ0v) is 16.2. The van der Waals surface area contributed by atoms with Crippen LogP contribution in [-0.4, -0.2) is 15.5 Å². The number of Topliss-reactive ketones (excluding diaryl/α,β-unsaturated/α-hetero) is 1. The van der Waals surface area contributed by atoms with E-state index in [2.05, 4.69) is 0 Å². The summed E-state index contributed by atoms with van der Waals surface area (Å²) in [6.45, 7) is 0.152. The molecule has 0 saturated carbocycles. The van der Waals surface area contributed by atoms with Gasteiger partial charge >= 0.3 is 0 Å². The molecule has 4 nitrogen and oxygen atoms in total. The van der Waals surface area contributed by atoms with Gasteiger partial charge in [0, 0.05) is 17.1 Å². The Hall–Kier alpha value is 0.0600. The van der Waals surface area contributed by atoms with Crippen LogP contribution in [-0.2, 0) is 6.54 Å². The summed E-state index contributed by atoms with van der Waals surface area (Å²) in [6, 6.07) is 3.33. The van der Waals surface area contributed by atoms with Gasteiger partial charge in [-0.1, -0.05) is 0 Å². The van der Waals surface area contributed by atoms with Gasteiger partial charge in [0.25, 0.3) is 0 Å². The number of phenols is 1. The van der Waals surface area contributed by atoms with E-state index in [1.165, 1.54) is 11.3 Å². The lowest BCUT2D eigenvalue weighted by atomic mass is 10.1. The Labute approximate surface area is 151 Å². The van der Waals surface area contributed by atoms with Crippen molar-refractivity contribution in [3.8, 4) is 5.75 Å². The van der Waals surface area contributed by atoms with Crippen LogP contribution >= 0.6 is 73.5 Å². The maximum absolute atomic E-state index is 12.1. The molecule has 0 bridgehead atoms. The fourth-order valence-corrected chi connectivity index (χ4v) is 3.77. The van der Waals surface area contributed by atoms with Crippen molar-refractivity contribution in [2.24, 2.45) is 0 Å². The molecule has 1 aromatic heterocycles. The van der Waals surface area contributed by atoms with E-state index in [0.29, 0.717) is 17.5 Å². The third kappa shape index (κ3) is 4.02.